The quantitative estimate of drug-likeness (QED) is 0.490. The molecule has 6 nitrogen and oxygen atoms in total. The highest BCUT2D eigenvalue weighted by Crippen LogP contribution is 2.15. The monoisotopic (exact) mass is 425 g/mol. The summed E-state index contributed by atoms with van der Waals surface area (Å²) in [6, 6.07) is 18.5. The highest BCUT2D eigenvalue weighted by atomic mass is 19.1. The van der Waals surface area contributed by atoms with Crippen LogP contribution in [0.25, 0.3) is 0 Å². The van der Waals surface area contributed by atoms with Crippen LogP contribution in [-0.2, 0) is 22.6 Å². The van der Waals surface area contributed by atoms with Crippen LogP contribution in [0.5, 0.6) is 5.75 Å². The number of carbonyl (C=O) groups excluding carboxylic acids is 2. The Hall–Kier alpha value is -3.61. The molecule has 31 heavy (non-hydrogen) atoms. The van der Waals surface area contributed by atoms with E-state index in [9.17, 15) is 14.0 Å². The summed E-state index contributed by atoms with van der Waals surface area (Å²) in [4.78, 5) is 24.1. The van der Waals surface area contributed by atoms with Gasteiger partial charge in [0.15, 0.2) is 6.61 Å². The summed E-state index contributed by atoms with van der Waals surface area (Å²) in [5, 5.41) is 2.81. The second-order valence-electron chi connectivity index (χ2n) is 7.08. The molecule has 1 N–H and O–H groups in total. The van der Waals surface area contributed by atoms with Gasteiger partial charge in [0.05, 0.1) is 0 Å². The zero-order chi connectivity index (χ0) is 22.1. The topological polar surface area (TPSA) is 77.8 Å². The lowest BCUT2D eigenvalue weighted by molar-refractivity contribution is -0.124. The van der Waals surface area contributed by atoms with Crippen molar-refractivity contribution in [1.29, 1.82) is 0 Å². The SMILES string of the molecule is C[C@@H](CCc1ccccc1)NC(=O)COC(=O)c1ccc(COc2ccc(F)cc2)o1. The number of hydrogen-bond acceptors (Lipinski definition) is 5. The van der Waals surface area contributed by atoms with Crippen molar-refractivity contribution >= 4 is 11.9 Å². The summed E-state index contributed by atoms with van der Waals surface area (Å²) >= 11 is 0. The third-order valence-electron chi connectivity index (χ3n) is 4.51. The maximum atomic E-state index is 12.9. The van der Waals surface area contributed by atoms with Crippen LogP contribution in [0.3, 0.4) is 0 Å². The van der Waals surface area contributed by atoms with E-state index in [1.165, 1.54) is 35.9 Å². The molecule has 1 atom stereocenters. The van der Waals surface area contributed by atoms with Gasteiger partial charge in [-0.05, 0) is 61.7 Å². The van der Waals surface area contributed by atoms with E-state index in [0.717, 1.165) is 12.8 Å². The van der Waals surface area contributed by atoms with Gasteiger partial charge in [0.2, 0.25) is 5.76 Å². The second kappa shape index (κ2) is 11.0. The Bertz CT molecular complexity index is 985. The Morgan fingerprint density at radius 2 is 1.77 bits per heavy atom. The van der Waals surface area contributed by atoms with E-state index in [2.05, 4.69) is 5.32 Å². The Kier molecular flexibility index (Phi) is 7.81. The molecule has 162 valence electrons. The number of hydrogen-bond donors (Lipinski definition) is 1. The molecule has 0 radical (unpaired) electrons. The second-order valence-corrected chi connectivity index (χ2v) is 7.08. The van der Waals surface area contributed by atoms with Crippen molar-refractivity contribution in [2.24, 2.45) is 0 Å². The van der Waals surface area contributed by atoms with Gasteiger partial charge >= 0.3 is 5.97 Å². The summed E-state index contributed by atoms with van der Waals surface area (Å²) in [7, 11) is 0. The molecule has 3 rings (SSSR count). The Morgan fingerprint density at radius 1 is 1.03 bits per heavy atom. The van der Waals surface area contributed by atoms with E-state index in [4.69, 9.17) is 13.9 Å². The van der Waals surface area contributed by atoms with Crippen LogP contribution in [0.15, 0.2) is 71.1 Å². The van der Waals surface area contributed by atoms with Crippen molar-refractivity contribution in [1.82, 2.24) is 5.32 Å². The van der Waals surface area contributed by atoms with Crippen molar-refractivity contribution in [3.63, 3.8) is 0 Å². The molecule has 2 aromatic carbocycles. The Labute approximate surface area is 180 Å². The number of carbonyl (C=O) groups is 2. The van der Waals surface area contributed by atoms with Crippen LogP contribution >= 0.6 is 0 Å². The summed E-state index contributed by atoms with van der Waals surface area (Å²) in [6.45, 7) is 1.58. The summed E-state index contributed by atoms with van der Waals surface area (Å²) in [5.74, 6) is -0.622. The molecule has 7 heteroatoms. The van der Waals surface area contributed by atoms with E-state index in [-0.39, 0.29) is 30.1 Å². The first-order chi connectivity index (χ1) is 15.0. The van der Waals surface area contributed by atoms with Crippen LogP contribution in [0.4, 0.5) is 4.39 Å². The molecule has 0 unspecified atom stereocenters. The van der Waals surface area contributed by atoms with Gasteiger partial charge in [-0.15, -0.1) is 0 Å². The number of amides is 1. The van der Waals surface area contributed by atoms with E-state index in [1.54, 1.807) is 6.07 Å². The fourth-order valence-corrected chi connectivity index (χ4v) is 2.87. The maximum Gasteiger partial charge on any atom is 0.374 e. The van der Waals surface area contributed by atoms with E-state index in [1.807, 2.05) is 37.3 Å². The van der Waals surface area contributed by atoms with Gasteiger partial charge in [-0.2, -0.15) is 0 Å². The molecule has 0 bridgehead atoms. The predicted molar refractivity (Wildman–Crippen MR) is 112 cm³/mol. The molecule has 0 aliphatic rings. The van der Waals surface area contributed by atoms with Gasteiger partial charge in [-0.1, -0.05) is 30.3 Å². The van der Waals surface area contributed by atoms with Gasteiger partial charge in [0, 0.05) is 6.04 Å². The molecular weight excluding hydrogens is 401 g/mol. The number of rotatable bonds is 10. The minimum atomic E-state index is -0.736. The standard InChI is InChI=1S/C24H24FNO5/c1-17(7-8-18-5-3-2-4-6-18)26-23(27)16-30-24(28)22-14-13-21(31-22)15-29-20-11-9-19(25)10-12-20/h2-6,9-14,17H,7-8,15-16H2,1H3,(H,26,27)/t17-/m0/s1. The van der Waals surface area contributed by atoms with Crippen LogP contribution in [-0.4, -0.2) is 24.5 Å². The zero-order valence-electron chi connectivity index (χ0n) is 17.2. The number of halogens is 1. The van der Waals surface area contributed by atoms with Crippen molar-refractivity contribution in [3.8, 4) is 5.75 Å². The average Bonchev–Trinajstić information content (AvgIpc) is 3.26. The molecular formula is C24H24FNO5. The van der Waals surface area contributed by atoms with Gasteiger partial charge in [-0.25, -0.2) is 9.18 Å². The van der Waals surface area contributed by atoms with E-state index in [0.29, 0.717) is 11.5 Å². The van der Waals surface area contributed by atoms with Crippen molar-refractivity contribution in [2.75, 3.05) is 6.61 Å². The smallest absolute Gasteiger partial charge is 0.374 e. The number of aryl methyl sites for hydroxylation is 1. The highest BCUT2D eigenvalue weighted by Gasteiger charge is 2.16. The molecule has 3 aromatic rings. The minimum absolute atomic E-state index is 0.0253. The molecule has 0 fully saturated rings. The summed E-state index contributed by atoms with van der Waals surface area (Å²) in [6.07, 6.45) is 1.62. The number of furan rings is 1. The first-order valence-electron chi connectivity index (χ1n) is 9.97. The van der Waals surface area contributed by atoms with Crippen molar-refractivity contribution < 1.29 is 27.9 Å². The molecule has 0 spiro atoms. The largest absolute Gasteiger partial charge is 0.486 e. The van der Waals surface area contributed by atoms with Crippen LogP contribution < -0.4 is 10.1 Å². The Morgan fingerprint density at radius 3 is 2.52 bits per heavy atom. The lowest BCUT2D eigenvalue weighted by Crippen LogP contribution is -2.36. The van der Waals surface area contributed by atoms with Crippen molar-refractivity contribution in [3.05, 3.63) is 89.6 Å². The number of ether oxygens (including phenoxy) is 2. The molecule has 0 aliphatic heterocycles. The van der Waals surface area contributed by atoms with Gasteiger partial charge in [-0.3, -0.25) is 4.79 Å². The van der Waals surface area contributed by atoms with Gasteiger partial charge < -0.3 is 19.2 Å². The fourth-order valence-electron chi connectivity index (χ4n) is 2.87. The van der Waals surface area contributed by atoms with Gasteiger partial charge in [0.1, 0.15) is 23.9 Å². The number of esters is 1. The van der Waals surface area contributed by atoms with Gasteiger partial charge in [0.25, 0.3) is 5.91 Å². The lowest BCUT2D eigenvalue weighted by atomic mass is 10.1. The summed E-state index contributed by atoms with van der Waals surface area (Å²) < 4.78 is 28.8. The summed E-state index contributed by atoms with van der Waals surface area (Å²) in [5.41, 5.74) is 1.20. The zero-order valence-corrected chi connectivity index (χ0v) is 17.2. The first-order valence-corrected chi connectivity index (χ1v) is 9.97. The Balaban J connectivity index is 1.37. The third-order valence-corrected chi connectivity index (χ3v) is 4.51. The van der Waals surface area contributed by atoms with E-state index < -0.39 is 12.6 Å². The first kappa shape index (κ1) is 22.1. The molecule has 1 amide bonds. The fraction of sp³-hybridized carbons (Fsp3) is 0.250. The lowest BCUT2D eigenvalue weighted by Gasteiger charge is -2.13. The van der Waals surface area contributed by atoms with Crippen LogP contribution in [0.2, 0.25) is 0 Å². The van der Waals surface area contributed by atoms with E-state index >= 15 is 0 Å². The maximum absolute atomic E-state index is 12.9. The normalized spacial score (nSPS) is 11.5. The third kappa shape index (κ3) is 7.29. The minimum Gasteiger partial charge on any atom is -0.486 e. The number of benzene rings is 2. The molecule has 0 aliphatic carbocycles. The average molecular weight is 425 g/mol. The molecule has 0 saturated heterocycles. The molecule has 1 heterocycles. The molecule has 1 aromatic heterocycles. The van der Waals surface area contributed by atoms with Crippen LogP contribution in [0.1, 0.15) is 35.2 Å². The number of nitrogens with one attached hydrogen (secondary N) is 1. The molecule has 0 saturated carbocycles. The predicted octanol–water partition coefficient (Wildman–Crippen LogP) is 4.29. The highest BCUT2D eigenvalue weighted by molar-refractivity contribution is 5.88. The van der Waals surface area contributed by atoms with Crippen LogP contribution in [0, 0.1) is 5.82 Å². The van der Waals surface area contributed by atoms with Crippen molar-refractivity contribution in [2.45, 2.75) is 32.4 Å².